The number of H-pyrrole nitrogens is 1. The van der Waals surface area contributed by atoms with E-state index in [4.69, 9.17) is 9.47 Å². The molecule has 6 heteroatoms. The van der Waals surface area contributed by atoms with E-state index in [1.807, 2.05) is 12.4 Å². The highest BCUT2D eigenvalue weighted by atomic mass is 16.5. The molecule has 0 spiro atoms. The lowest BCUT2D eigenvalue weighted by Gasteiger charge is -2.34. The van der Waals surface area contributed by atoms with E-state index in [-0.39, 0.29) is 0 Å². The van der Waals surface area contributed by atoms with Gasteiger partial charge in [-0.25, -0.2) is 4.98 Å². The van der Waals surface area contributed by atoms with E-state index in [9.17, 15) is 0 Å². The van der Waals surface area contributed by atoms with Gasteiger partial charge in [0.15, 0.2) is 5.75 Å². The summed E-state index contributed by atoms with van der Waals surface area (Å²) in [5, 5.41) is 4.95. The van der Waals surface area contributed by atoms with E-state index >= 15 is 0 Å². The number of ether oxygens (including phenoxy) is 2. The Hall–Kier alpha value is -2.57. The van der Waals surface area contributed by atoms with Gasteiger partial charge in [-0.05, 0) is 54.0 Å². The lowest BCUT2D eigenvalue weighted by molar-refractivity contribution is 0.134. The number of benzene rings is 1. The number of hydrogen-bond donors (Lipinski definition) is 2. The Morgan fingerprint density at radius 3 is 2.82 bits per heavy atom. The molecular weight excluding hydrogens is 412 g/mol. The molecule has 1 aromatic carbocycles. The van der Waals surface area contributed by atoms with Crippen LogP contribution in [0.5, 0.6) is 11.6 Å². The second kappa shape index (κ2) is 11.0. The molecule has 0 fully saturated rings. The first-order valence-electron chi connectivity index (χ1n) is 12.3. The van der Waals surface area contributed by atoms with Crippen molar-refractivity contribution < 1.29 is 9.47 Å². The molecule has 4 rings (SSSR count). The second-order valence-electron chi connectivity index (χ2n) is 9.73. The van der Waals surface area contributed by atoms with Gasteiger partial charge in [-0.1, -0.05) is 39.0 Å². The van der Waals surface area contributed by atoms with Gasteiger partial charge in [-0.15, -0.1) is 0 Å². The zero-order valence-corrected chi connectivity index (χ0v) is 20.4. The molecule has 0 saturated carbocycles. The van der Waals surface area contributed by atoms with E-state index in [0.717, 1.165) is 38.3 Å². The molecule has 6 nitrogen and oxygen atoms in total. The van der Waals surface area contributed by atoms with Crippen molar-refractivity contribution in [1.29, 1.82) is 0 Å². The summed E-state index contributed by atoms with van der Waals surface area (Å²) in [4.78, 5) is 10.5. The van der Waals surface area contributed by atoms with Crippen molar-refractivity contribution in [2.45, 2.75) is 53.2 Å². The van der Waals surface area contributed by atoms with Crippen molar-refractivity contribution in [3.63, 3.8) is 0 Å². The zero-order chi connectivity index (χ0) is 23.2. The number of nitrogens with one attached hydrogen (secondary N) is 2. The molecule has 3 heterocycles. The maximum absolute atomic E-state index is 5.86. The van der Waals surface area contributed by atoms with Crippen LogP contribution < -0.4 is 14.8 Å². The fourth-order valence-corrected chi connectivity index (χ4v) is 4.52. The molecular formula is C27H38N4O2. The van der Waals surface area contributed by atoms with Gasteiger partial charge >= 0.3 is 0 Å². The first-order valence-corrected chi connectivity index (χ1v) is 12.3. The summed E-state index contributed by atoms with van der Waals surface area (Å²) in [7, 11) is 0. The third kappa shape index (κ3) is 6.06. The molecule has 33 heavy (non-hydrogen) atoms. The smallest absolute Gasteiger partial charge is 0.257 e. The molecule has 2 atom stereocenters. The maximum atomic E-state index is 5.86. The molecule has 1 aliphatic heterocycles. The predicted molar refractivity (Wildman–Crippen MR) is 134 cm³/mol. The minimum Gasteiger partial charge on any atom is -0.488 e. The Balaban J connectivity index is 1.37. The average Bonchev–Trinajstić information content (AvgIpc) is 3.16. The first-order chi connectivity index (χ1) is 16.0. The monoisotopic (exact) mass is 450 g/mol. The maximum Gasteiger partial charge on any atom is 0.257 e. The van der Waals surface area contributed by atoms with Gasteiger partial charge in [0.2, 0.25) is 0 Å². The van der Waals surface area contributed by atoms with Crippen LogP contribution in [0.3, 0.4) is 0 Å². The molecule has 2 aromatic heterocycles. The zero-order valence-electron chi connectivity index (χ0n) is 20.4. The standard InChI is InChI=1S/C27H38N4O2/c1-19(2)17-31(18-22-13-25-27(30-15-22)33-12-6-11-32-25)21(4)20(3)14-28-16-24-8-5-7-23-9-10-29-26(23)24/h5,7-10,13,15,19-21,28-29H,6,11-12,14,16-18H2,1-4H3/t20-,21?/m1/s1. The number of pyridine rings is 1. The first kappa shape index (κ1) is 23.6. The molecule has 1 aliphatic rings. The van der Waals surface area contributed by atoms with Crippen LogP contribution in [0.1, 0.15) is 45.2 Å². The molecule has 178 valence electrons. The van der Waals surface area contributed by atoms with Crippen LogP contribution >= 0.6 is 0 Å². The molecule has 0 radical (unpaired) electrons. The van der Waals surface area contributed by atoms with Crippen LogP contribution in [0.25, 0.3) is 10.9 Å². The summed E-state index contributed by atoms with van der Waals surface area (Å²) in [5.74, 6) is 2.48. The summed E-state index contributed by atoms with van der Waals surface area (Å²) in [6, 6.07) is 11.1. The number of nitrogens with zero attached hydrogens (tertiary/aromatic N) is 2. The Morgan fingerprint density at radius 1 is 1.12 bits per heavy atom. The molecule has 0 bridgehead atoms. The molecule has 0 amide bonds. The van der Waals surface area contributed by atoms with Crippen molar-refractivity contribution in [3.8, 4) is 11.6 Å². The van der Waals surface area contributed by atoms with Crippen LogP contribution in [-0.2, 0) is 13.1 Å². The predicted octanol–water partition coefficient (Wildman–Crippen LogP) is 5.00. The van der Waals surface area contributed by atoms with Gasteiger partial charge in [0.05, 0.1) is 13.2 Å². The largest absolute Gasteiger partial charge is 0.488 e. The van der Waals surface area contributed by atoms with E-state index in [1.165, 1.54) is 22.0 Å². The van der Waals surface area contributed by atoms with E-state index in [1.54, 1.807) is 0 Å². The van der Waals surface area contributed by atoms with Gasteiger partial charge in [0, 0.05) is 50.0 Å². The summed E-state index contributed by atoms with van der Waals surface area (Å²) in [5.41, 5.74) is 3.72. The van der Waals surface area contributed by atoms with Crippen LogP contribution in [0, 0.1) is 11.8 Å². The highest BCUT2D eigenvalue weighted by molar-refractivity contribution is 5.82. The normalized spacial score (nSPS) is 15.7. The van der Waals surface area contributed by atoms with Crippen LogP contribution in [0.15, 0.2) is 42.7 Å². The van der Waals surface area contributed by atoms with Gasteiger partial charge in [0.25, 0.3) is 5.88 Å². The topological polar surface area (TPSA) is 62.4 Å². The van der Waals surface area contributed by atoms with Crippen LogP contribution in [-0.4, -0.2) is 47.2 Å². The van der Waals surface area contributed by atoms with Crippen molar-refractivity contribution in [2.75, 3.05) is 26.3 Å². The third-order valence-corrected chi connectivity index (χ3v) is 6.50. The van der Waals surface area contributed by atoms with Crippen LogP contribution in [0.4, 0.5) is 0 Å². The number of aromatic amines is 1. The highest BCUT2D eigenvalue weighted by Crippen LogP contribution is 2.29. The molecule has 0 aliphatic carbocycles. The van der Waals surface area contributed by atoms with Crippen molar-refractivity contribution >= 4 is 10.9 Å². The van der Waals surface area contributed by atoms with Gasteiger partial charge in [0.1, 0.15) is 0 Å². The Bertz CT molecular complexity index is 1030. The number of rotatable bonds is 10. The van der Waals surface area contributed by atoms with Crippen molar-refractivity contribution in [1.82, 2.24) is 20.2 Å². The number of aromatic nitrogens is 2. The van der Waals surface area contributed by atoms with Gasteiger partial charge in [-0.3, -0.25) is 4.90 Å². The van der Waals surface area contributed by atoms with Gasteiger partial charge < -0.3 is 19.8 Å². The molecule has 3 aromatic rings. The number of fused-ring (bicyclic) bond motifs is 2. The Labute approximate surface area is 197 Å². The molecule has 2 N–H and O–H groups in total. The van der Waals surface area contributed by atoms with Crippen LogP contribution in [0.2, 0.25) is 0 Å². The average molecular weight is 451 g/mol. The SMILES string of the molecule is CC(C)CN(Cc1cnc2c(c1)OCCCO2)C(C)[C@H](C)CNCc1cccc2cc[nH]c12. The number of para-hydroxylation sites is 1. The van der Waals surface area contributed by atoms with Gasteiger partial charge in [-0.2, -0.15) is 0 Å². The lowest BCUT2D eigenvalue weighted by Crippen LogP contribution is -2.42. The number of hydrogen-bond acceptors (Lipinski definition) is 5. The molecule has 1 unspecified atom stereocenters. The minimum atomic E-state index is 0.428. The fourth-order valence-electron chi connectivity index (χ4n) is 4.52. The minimum absolute atomic E-state index is 0.428. The second-order valence-corrected chi connectivity index (χ2v) is 9.73. The quantitative estimate of drug-likeness (QED) is 0.455. The highest BCUT2D eigenvalue weighted by Gasteiger charge is 2.22. The Kier molecular flexibility index (Phi) is 7.89. The summed E-state index contributed by atoms with van der Waals surface area (Å²) in [6.45, 7) is 14.3. The fraction of sp³-hybridized carbons (Fsp3) is 0.519. The van der Waals surface area contributed by atoms with Crippen molar-refractivity contribution in [2.24, 2.45) is 11.8 Å². The van der Waals surface area contributed by atoms with E-state index in [2.05, 4.69) is 78.2 Å². The lowest BCUT2D eigenvalue weighted by atomic mass is 9.99. The summed E-state index contributed by atoms with van der Waals surface area (Å²) < 4.78 is 11.6. The summed E-state index contributed by atoms with van der Waals surface area (Å²) >= 11 is 0. The summed E-state index contributed by atoms with van der Waals surface area (Å²) in [6.07, 6.45) is 4.84. The third-order valence-electron chi connectivity index (χ3n) is 6.50. The van der Waals surface area contributed by atoms with E-state index in [0.29, 0.717) is 37.0 Å². The van der Waals surface area contributed by atoms with Crippen molar-refractivity contribution in [3.05, 3.63) is 53.9 Å². The van der Waals surface area contributed by atoms with E-state index < -0.39 is 0 Å². The Morgan fingerprint density at radius 2 is 1.97 bits per heavy atom. The molecule has 0 saturated heterocycles.